The molecule has 0 bridgehead atoms. The maximum absolute atomic E-state index is 12.4. The molecule has 6 nitrogen and oxygen atoms in total. The molecule has 0 aliphatic carbocycles. The number of carbonyl (C=O) groups is 1. The molecule has 3 N–H and O–H groups in total. The monoisotopic (exact) mass is 266 g/mol. The van der Waals surface area contributed by atoms with Crippen molar-refractivity contribution in [2.45, 2.75) is 26.2 Å². The number of amides is 1. The van der Waals surface area contributed by atoms with E-state index in [0.717, 1.165) is 38.0 Å². The van der Waals surface area contributed by atoms with Gasteiger partial charge in [-0.3, -0.25) is 9.89 Å². The van der Waals surface area contributed by atoms with Crippen LogP contribution in [0.25, 0.3) is 0 Å². The van der Waals surface area contributed by atoms with Crippen molar-refractivity contribution in [1.29, 1.82) is 0 Å². The van der Waals surface area contributed by atoms with Gasteiger partial charge < -0.3 is 15.4 Å². The number of methoxy groups -OCH3 is 1. The first kappa shape index (κ1) is 13.9. The highest BCUT2D eigenvalue weighted by Crippen LogP contribution is 2.22. The van der Waals surface area contributed by atoms with E-state index in [9.17, 15) is 4.79 Å². The summed E-state index contributed by atoms with van der Waals surface area (Å²) >= 11 is 0. The maximum Gasteiger partial charge on any atom is 0.276 e. The van der Waals surface area contributed by atoms with Crippen molar-refractivity contribution >= 4 is 11.6 Å². The summed E-state index contributed by atoms with van der Waals surface area (Å²) in [6, 6.07) is 0. The number of ether oxygens (including phenoxy) is 1. The fourth-order valence-electron chi connectivity index (χ4n) is 2.53. The molecular formula is C13H22N4O2. The number of nitrogen functional groups attached to an aromatic ring is 1. The van der Waals surface area contributed by atoms with Crippen LogP contribution in [0.3, 0.4) is 0 Å². The summed E-state index contributed by atoms with van der Waals surface area (Å²) in [5.74, 6) is 0.346. The second-order valence-corrected chi connectivity index (χ2v) is 5.08. The van der Waals surface area contributed by atoms with Crippen molar-refractivity contribution in [3.63, 3.8) is 0 Å². The third-order valence-corrected chi connectivity index (χ3v) is 3.56. The Morgan fingerprint density at radius 3 is 3.11 bits per heavy atom. The highest BCUT2D eigenvalue weighted by Gasteiger charge is 2.29. The lowest BCUT2D eigenvalue weighted by Crippen LogP contribution is -2.30. The molecule has 1 fully saturated rings. The molecule has 1 unspecified atom stereocenters. The zero-order valence-electron chi connectivity index (χ0n) is 11.6. The van der Waals surface area contributed by atoms with Gasteiger partial charge in [-0.2, -0.15) is 5.10 Å². The maximum atomic E-state index is 12.4. The van der Waals surface area contributed by atoms with Gasteiger partial charge in [0, 0.05) is 26.1 Å². The van der Waals surface area contributed by atoms with Gasteiger partial charge in [0.2, 0.25) is 0 Å². The van der Waals surface area contributed by atoms with E-state index in [1.165, 1.54) is 0 Å². The molecule has 1 aliphatic heterocycles. The van der Waals surface area contributed by atoms with Gasteiger partial charge in [0.05, 0.1) is 18.0 Å². The van der Waals surface area contributed by atoms with Crippen molar-refractivity contribution in [1.82, 2.24) is 15.1 Å². The van der Waals surface area contributed by atoms with Crippen LogP contribution < -0.4 is 5.73 Å². The number of anilines is 1. The molecule has 6 heteroatoms. The van der Waals surface area contributed by atoms with E-state index in [0.29, 0.717) is 23.9 Å². The van der Waals surface area contributed by atoms with Crippen LogP contribution in [-0.4, -0.2) is 47.8 Å². The van der Waals surface area contributed by atoms with E-state index in [-0.39, 0.29) is 5.91 Å². The van der Waals surface area contributed by atoms with Crippen molar-refractivity contribution < 1.29 is 9.53 Å². The second-order valence-electron chi connectivity index (χ2n) is 5.08. The number of nitrogens with one attached hydrogen (secondary N) is 1. The molecule has 1 aromatic rings. The Bertz CT molecular complexity index is 444. The van der Waals surface area contributed by atoms with E-state index in [1.54, 1.807) is 7.11 Å². The van der Waals surface area contributed by atoms with Crippen LogP contribution in [0, 0.1) is 5.92 Å². The molecule has 0 radical (unpaired) electrons. The normalized spacial score (nSPS) is 19.1. The van der Waals surface area contributed by atoms with Crippen molar-refractivity contribution in [3.05, 3.63) is 11.4 Å². The summed E-state index contributed by atoms with van der Waals surface area (Å²) in [7, 11) is 1.69. The number of nitrogens with two attached hydrogens (primary N) is 1. The van der Waals surface area contributed by atoms with Gasteiger partial charge in [0.25, 0.3) is 5.91 Å². The average Bonchev–Trinajstić information content (AvgIpc) is 2.98. The molecule has 1 amide bonds. The summed E-state index contributed by atoms with van der Waals surface area (Å²) in [4.78, 5) is 14.2. The lowest BCUT2D eigenvalue weighted by atomic mass is 10.1. The minimum Gasteiger partial charge on any atom is -0.395 e. The summed E-state index contributed by atoms with van der Waals surface area (Å²) in [5.41, 5.74) is 7.71. The molecule has 106 valence electrons. The second kappa shape index (κ2) is 6.06. The Hall–Kier alpha value is -1.56. The van der Waals surface area contributed by atoms with Gasteiger partial charge in [-0.15, -0.1) is 0 Å². The minimum atomic E-state index is -0.0743. The predicted molar refractivity (Wildman–Crippen MR) is 72.9 cm³/mol. The number of hydrogen-bond acceptors (Lipinski definition) is 4. The van der Waals surface area contributed by atoms with E-state index in [2.05, 4.69) is 17.1 Å². The van der Waals surface area contributed by atoms with Gasteiger partial charge in [0.1, 0.15) is 0 Å². The summed E-state index contributed by atoms with van der Waals surface area (Å²) in [5, 5.41) is 6.95. The van der Waals surface area contributed by atoms with Crippen LogP contribution in [0.5, 0.6) is 0 Å². The third-order valence-electron chi connectivity index (χ3n) is 3.56. The van der Waals surface area contributed by atoms with Gasteiger partial charge in [0.15, 0.2) is 5.69 Å². The number of aromatic nitrogens is 2. The van der Waals surface area contributed by atoms with E-state index >= 15 is 0 Å². The van der Waals surface area contributed by atoms with Crippen molar-refractivity contribution in [2.75, 3.05) is 32.5 Å². The molecule has 1 saturated heterocycles. The van der Waals surface area contributed by atoms with Crippen LogP contribution in [0.2, 0.25) is 0 Å². The van der Waals surface area contributed by atoms with Crippen LogP contribution >= 0.6 is 0 Å². The smallest absolute Gasteiger partial charge is 0.276 e. The first-order valence-electron chi connectivity index (χ1n) is 6.78. The molecule has 2 heterocycles. The molecule has 0 spiro atoms. The fourth-order valence-corrected chi connectivity index (χ4v) is 2.53. The largest absolute Gasteiger partial charge is 0.395 e. The van der Waals surface area contributed by atoms with Crippen LogP contribution in [0.15, 0.2) is 0 Å². The number of aromatic amines is 1. The average molecular weight is 266 g/mol. The molecule has 2 rings (SSSR count). The van der Waals surface area contributed by atoms with E-state index in [1.807, 2.05) is 4.90 Å². The van der Waals surface area contributed by atoms with Gasteiger partial charge in [-0.25, -0.2) is 0 Å². The lowest BCUT2D eigenvalue weighted by molar-refractivity contribution is 0.0770. The number of H-pyrrole nitrogens is 1. The van der Waals surface area contributed by atoms with Gasteiger partial charge >= 0.3 is 0 Å². The Labute approximate surface area is 113 Å². The van der Waals surface area contributed by atoms with Gasteiger partial charge in [-0.05, 0) is 12.8 Å². The van der Waals surface area contributed by atoms with Crippen molar-refractivity contribution in [3.8, 4) is 0 Å². The topological polar surface area (TPSA) is 84.2 Å². The highest BCUT2D eigenvalue weighted by atomic mass is 16.5. The number of carbonyl (C=O) groups excluding carboxylic acids is 1. The molecule has 0 aromatic carbocycles. The van der Waals surface area contributed by atoms with Crippen LogP contribution in [0.4, 0.5) is 5.69 Å². The first-order chi connectivity index (χ1) is 9.17. The quantitative estimate of drug-likeness (QED) is 0.834. The lowest BCUT2D eigenvalue weighted by Gasteiger charge is -2.15. The zero-order valence-corrected chi connectivity index (χ0v) is 11.6. The molecule has 1 aliphatic rings. The van der Waals surface area contributed by atoms with Crippen LogP contribution in [0.1, 0.15) is 35.9 Å². The summed E-state index contributed by atoms with van der Waals surface area (Å²) < 4.78 is 5.13. The molecule has 19 heavy (non-hydrogen) atoms. The van der Waals surface area contributed by atoms with Gasteiger partial charge in [-0.1, -0.05) is 13.3 Å². The first-order valence-corrected chi connectivity index (χ1v) is 6.78. The number of aryl methyl sites for hydroxylation is 1. The van der Waals surface area contributed by atoms with Crippen molar-refractivity contribution in [2.24, 2.45) is 5.92 Å². The molecular weight excluding hydrogens is 244 g/mol. The Kier molecular flexibility index (Phi) is 4.42. The highest BCUT2D eigenvalue weighted by molar-refractivity contribution is 5.97. The summed E-state index contributed by atoms with van der Waals surface area (Å²) in [6.45, 7) is 4.24. The Morgan fingerprint density at radius 1 is 1.63 bits per heavy atom. The number of nitrogens with zero attached hydrogens (tertiary/aromatic N) is 2. The predicted octanol–water partition coefficient (Wildman–Crippen LogP) is 1.05. The van der Waals surface area contributed by atoms with E-state index in [4.69, 9.17) is 10.5 Å². The SMILES string of the molecule is CCCc1[nH]nc(C(=O)N2CCC(COC)C2)c1N. The number of rotatable bonds is 5. The third kappa shape index (κ3) is 2.89. The molecule has 1 atom stereocenters. The fraction of sp³-hybridized carbons (Fsp3) is 0.692. The Balaban J connectivity index is 2.04. The number of hydrogen-bond donors (Lipinski definition) is 2. The number of likely N-dealkylation sites (tertiary alicyclic amines) is 1. The zero-order chi connectivity index (χ0) is 13.8. The molecule has 0 saturated carbocycles. The Morgan fingerprint density at radius 2 is 2.42 bits per heavy atom. The minimum absolute atomic E-state index is 0.0743. The standard InChI is InChI=1S/C13H22N4O2/c1-3-4-10-11(14)12(16-15-10)13(18)17-6-5-9(7-17)8-19-2/h9H,3-8,14H2,1-2H3,(H,15,16). The summed E-state index contributed by atoms with van der Waals surface area (Å²) in [6.07, 6.45) is 2.77. The molecule has 1 aromatic heterocycles. The van der Waals surface area contributed by atoms with E-state index < -0.39 is 0 Å². The van der Waals surface area contributed by atoms with Crippen LogP contribution in [-0.2, 0) is 11.2 Å².